The summed E-state index contributed by atoms with van der Waals surface area (Å²) in [5, 5.41) is 12.6. The smallest absolute Gasteiger partial charge is 0.0789 e. The van der Waals surface area contributed by atoms with Crippen LogP contribution >= 0.6 is 11.3 Å². The van der Waals surface area contributed by atoms with Crippen molar-refractivity contribution in [2.24, 2.45) is 0 Å². The van der Waals surface area contributed by atoms with Crippen LogP contribution in [-0.2, 0) is 0 Å². The van der Waals surface area contributed by atoms with E-state index >= 15 is 0 Å². The number of nitrogens with zero attached hydrogens (tertiary/aromatic N) is 2. The average molecular weight is 756 g/mol. The van der Waals surface area contributed by atoms with Gasteiger partial charge in [-0.25, -0.2) is 0 Å². The normalized spacial score (nSPS) is 12.1. The summed E-state index contributed by atoms with van der Waals surface area (Å²) in [4.78, 5) is 6.40. The molecule has 13 aromatic rings. The lowest BCUT2D eigenvalue weighted by atomic mass is 9.98. The molecule has 0 spiro atoms. The van der Waals surface area contributed by atoms with Gasteiger partial charge in [0.1, 0.15) is 0 Å². The van der Waals surface area contributed by atoms with Gasteiger partial charge in [0.2, 0.25) is 0 Å². The van der Waals surface area contributed by atoms with E-state index in [1.807, 2.05) is 11.3 Å². The second-order valence-electron chi connectivity index (χ2n) is 15.4. The lowest BCUT2D eigenvalue weighted by Gasteiger charge is -2.27. The molecule has 0 radical (unpaired) electrons. The molecular weight excluding hydrogens is 723 g/mol. The number of fused-ring (bicyclic) bond motifs is 9. The molecule has 0 atom stereocenters. The van der Waals surface area contributed by atoms with Crippen LogP contribution < -0.4 is 4.90 Å². The largest absolute Gasteiger partial charge is 0.353 e. The average Bonchev–Trinajstić information content (AvgIpc) is 3.97. The summed E-state index contributed by atoms with van der Waals surface area (Å²) in [7, 11) is 0. The first kappa shape index (κ1) is 31.8. The summed E-state index contributed by atoms with van der Waals surface area (Å²) >= 11 is 1.91. The van der Waals surface area contributed by atoms with Gasteiger partial charge in [-0.3, -0.25) is 0 Å². The zero-order valence-electron chi connectivity index (χ0n) is 31.3. The maximum absolute atomic E-state index is 4.00. The van der Waals surface area contributed by atoms with Crippen molar-refractivity contribution in [3.63, 3.8) is 0 Å². The van der Waals surface area contributed by atoms with E-state index in [1.54, 1.807) is 0 Å². The molecule has 10 aromatic carbocycles. The molecule has 270 valence electrons. The summed E-state index contributed by atoms with van der Waals surface area (Å²) < 4.78 is 5.20. The lowest BCUT2D eigenvalue weighted by molar-refractivity contribution is 1.19. The second kappa shape index (κ2) is 12.1. The van der Waals surface area contributed by atoms with Crippen LogP contribution in [0.4, 0.5) is 17.1 Å². The molecule has 58 heavy (non-hydrogen) atoms. The van der Waals surface area contributed by atoms with E-state index < -0.39 is 0 Å². The number of rotatable bonds is 5. The number of hydrogen-bond donors (Lipinski definition) is 1. The Hall–Kier alpha value is -7.40. The van der Waals surface area contributed by atoms with E-state index in [-0.39, 0.29) is 0 Å². The van der Waals surface area contributed by atoms with Crippen LogP contribution in [0.25, 0.3) is 102 Å². The maximum atomic E-state index is 4.00. The highest BCUT2D eigenvalue weighted by Gasteiger charge is 2.25. The number of H-pyrrole nitrogens is 1. The van der Waals surface area contributed by atoms with Crippen molar-refractivity contribution < 1.29 is 0 Å². The van der Waals surface area contributed by atoms with Gasteiger partial charge in [0.25, 0.3) is 0 Å². The standard InChI is InChI=1S/C54H33N3S/c1-3-13-33(14-4-1)35-17-11-20-39(29-35)57-52-49-36(25-26-37-31-45-42-22-9-10-24-48(42)58-54(45)53(57)50(37)49)30-44-43-32-40(27-28-46(43)55-51(44)52)56(38-18-5-2-6-19-38)47-23-12-16-34-15-7-8-21-41(34)47/h1-32,55H. The highest BCUT2D eigenvalue weighted by atomic mass is 32.1. The predicted octanol–water partition coefficient (Wildman–Crippen LogP) is 15.7. The van der Waals surface area contributed by atoms with E-state index in [1.165, 1.54) is 85.4 Å². The first-order valence-corrected chi connectivity index (χ1v) is 20.7. The Labute approximate surface area is 337 Å². The molecule has 3 heterocycles. The minimum absolute atomic E-state index is 1.12. The molecule has 3 nitrogen and oxygen atoms in total. The van der Waals surface area contributed by atoms with E-state index in [2.05, 4.69) is 209 Å². The second-order valence-corrected chi connectivity index (χ2v) is 16.4. The number of anilines is 3. The van der Waals surface area contributed by atoms with Gasteiger partial charge >= 0.3 is 0 Å². The number of aromatic amines is 1. The highest BCUT2D eigenvalue weighted by molar-refractivity contribution is 7.26. The van der Waals surface area contributed by atoms with Crippen molar-refractivity contribution in [2.75, 3.05) is 4.90 Å². The van der Waals surface area contributed by atoms with Crippen LogP contribution in [0.5, 0.6) is 0 Å². The first-order valence-electron chi connectivity index (χ1n) is 19.8. The van der Waals surface area contributed by atoms with Gasteiger partial charge in [0.15, 0.2) is 0 Å². The lowest BCUT2D eigenvalue weighted by Crippen LogP contribution is -2.10. The number of aromatic nitrogens is 2. The summed E-state index contributed by atoms with van der Waals surface area (Å²) in [6.45, 7) is 0. The summed E-state index contributed by atoms with van der Waals surface area (Å²) in [6, 6.07) is 71.1. The molecule has 0 fully saturated rings. The predicted molar refractivity (Wildman–Crippen MR) is 249 cm³/mol. The van der Waals surface area contributed by atoms with E-state index in [0.29, 0.717) is 0 Å². The molecule has 0 aliphatic carbocycles. The zero-order valence-corrected chi connectivity index (χ0v) is 32.1. The number of hydrogen-bond acceptors (Lipinski definition) is 2. The van der Waals surface area contributed by atoms with Gasteiger partial charge in [0.05, 0.1) is 26.9 Å². The monoisotopic (exact) mass is 755 g/mol. The first-order chi connectivity index (χ1) is 28.8. The van der Waals surface area contributed by atoms with Gasteiger partial charge in [-0.2, -0.15) is 0 Å². The topological polar surface area (TPSA) is 24.0 Å². The zero-order chi connectivity index (χ0) is 37.9. The summed E-state index contributed by atoms with van der Waals surface area (Å²) in [6.07, 6.45) is 0. The fourth-order valence-corrected chi connectivity index (χ4v) is 10.9. The molecule has 0 aliphatic heterocycles. The molecule has 0 saturated heterocycles. The Balaban J connectivity index is 1.15. The van der Waals surface area contributed by atoms with Crippen molar-refractivity contribution in [2.45, 2.75) is 0 Å². The number of thiophene rings is 1. The number of nitrogens with one attached hydrogen (secondary N) is 1. The van der Waals surface area contributed by atoms with Crippen LogP contribution in [-0.4, -0.2) is 9.55 Å². The van der Waals surface area contributed by atoms with Gasteiger partial charge in [-0.1, -0.05) is 127 Å². The van der Waals surface area contributed by atoms with Crippen molar-refractivity contribution >= 4 is 114 Å². The van der Waals surface area contributed by atoms with Gasteiger partial charge in [-0.05, 0) is 94.0 Å². The summed E-state index contributed by atoms with van der Waals surface area (Å²) in [5.41, 5.74) is 11.7. The van der Waals surface area contributed by atoms with Crippen molar-refractivity contribution in [3.05, 3.63) is 194 Å². The quantitative estimate of drug-likeness (QED) is 0.174. The molecule has 0 bridgehead atoms. The number of benzene rings is 10. The molecule has 3 aromatic heterocycles. The Morgan fingerprint density at radius 1 is 0.431 bits per heavy atom. The van der Waals surface area contributed by atoms with Crippen LogP contribution in [0, 0.1) is 0 Å². The third kappa shape index (κ3) is 4.49. The van der Waals surface area contributed by atoms with Crippen molar-refractivity contribution in [1.82, 2.24) is 9.55 Å². The Morgan fingerprint density at radius 2 is 1.12 bits per heavy atom. The third-order valence-electron chi connectivity index (χ3n) is 12.2. The Bertz CT molecular complexity index is 3740. The van der Waals surface area contributed by atoms with Crippen molar-refractivity contribution in [1.29, 1.82) is 0 Å². The molecule has 13 rings (SSSR count). The molecule has 4 heteroatoms. The highest BCUT2D eigenvalue weighted by Crippen LogP contribution is 2.50. The Kier molecular flexibility index (Phi) is 6.60. The SMILES string of the molecule is c1ccc(-c2cccc(-n3c4c5[nH]c6ccc(N(c7ccccc7)c7cccc8ccccc78)cc6c5cc5ccc6cc7c8ccccc8sc7c3c6c54)c2)cc1. The molecule has 0 unspecified atom stereocenters. The number of para-hydroxylation sites is 1. The van der Waals surface area contributed by atoms with Gasteiger partial charge < -0.3 is 14.5 Å². The minimum Gasteiger partial charge on any atom is -0.353 e. The van der Waals surface area contributed by atoms with E-state index in [0.717, 1.165) is 33.8 Å². The van der Waals surface area contributed by atoms with Crippen LogP contribution in [0.2, 0.25) is 0 Å². The van der Waals surface area contributed by atoms with E-state index in [9.17, 15) is 0 Å². The van der Waals surface area contributed by atoms with Crippen LogP contribution in [0.15, 0.2) is 194 Å². The summed E-state index contributed by atoms with van der Waals surface area (Å²) in [5.74, 6) is 0. The molecule has 0 aliphatic rings. The molecule has 0 amide bonds. The molecular formula is C54H33N3S. The minimum atomic E-state index is 1.12. The fourth-order valence-electron chi connectivity index (χ4n) is 9.67. The fraction of sp³-hybridized carbons (Fsp3) is 0. The van der Waals surface area contributed by atoms with Gasteiger partial charge in [0, 0.05) is 65.0 Å². The van der Waals surface area contributed by atoms with Crippen LogP contribution in [0.3, 0.4) is 0 Å². The maximum Gasteiger partial charge on any atom is 0.0789 e. The van der Waals surface area contributed by atoms with Gasteiger partial charge in [-0.15, -0.1) is 11.3 Å². The van der Waals surface area contributed by atoms with Crippen molar-refractivity contribution in [3.8, 4) is 16.8 Å². The third-order valence-corrected chi connectivity index (χ3v) is 13.4. The molecule has 1 N–H and O–H groups in total. The van der Waals surface area contributed by atoms with Crippen LogP contribution in [0.1, 0.15) is 0 Å². The van der Waals surface area contributed by atoms with E-state index in [4.69, 9.17) is 0 Å². The Morgan fingerprint density at radius 3 is 1.98 bits per heavy atom. The molecule has 0 saturated carbocycles.